The number of hydrogen-bond acceptors (Lipinski definition) is 3. The maximum atomic E-state index is 11.7. The molecule has 2 fully saturated rings. The molecule has 2 unspecified atom stereocenters. The Labute approximate surface area is 103 Å². The van der Waals surface area contributed by atoms with Crippen LogP contribution in [0.4, 0.5) is 0 Å². The lowest BCUT2D eigenvalue weighted by Crippen LogP contribution is -2.51. The molecule has 4 heteroatoms. The monoisotopic (exact) mass is 240 g/mol. The zero-order chi connectivity index (χ0) is 12.3. The zero-order valence-electron chi connectivity index (χ0n) is 10.6. The van der Waals surface area contributed by atoms with Gasteiger partial charge in [0.15, 0.2) is 0 Å². The first-order valence-corrected chi connectivity index (χ1v) is 6.91. The zero-order valence-corrected chi connectivity index (χ0v) is 10.6. The van der Waals surface area contributed by atoms with E-state index in [0.29, 0.717) is 12.1 Å². The normalized spacial score (nSPS) is 25.3. The van der Waals surface area contributed by atoms with Crippen molar-refractivity contribution < 1.29 is 9.90 Å². The van der Waals surface area contributed by atoms with E-state index in [1.165, 1.54) is 32.1 Å². The van der Waals surface area contributed by atoms with Gasteiger partial charge < -0.3 is 15.7 Å². The first-order valence-electron chi connectivity index (χ1n) is 6.91. The van der Waals surface area contributed by atoms with Crippen molar-refractivity contribution in [3.63, 3.8) is 0 Å². The molecule has 2 rings (SSSR count). The van der Waals surface area contributed by atoms with Crippen LogP contribution in [0.25, 0.3) is 0 Å². The lowest BCUT2D eigenvalue weighted by Gasteiger charge is -2.28. The average Bonchev–Trinajstić information content (AvgIpc) is 3.13. The van der Waals surface area contributed by atoms with Crippen LogP contribution in [-0.2, 0) is 4.79 Å². The fourth-order valence-electron chi connectivity index (χ4n) is 2.47. The highest BCUT2D eigenvalue weighted by Crippen LogP contribution is 2.20. The van der Waals surface area contributed by atoms with Crippen molar-refractivity contribution in [3.8, 4) is 0 Å². The fourth-order valence-corrected chi connectivity index (χ4v) is 2.47. The topological polar surface area (TPSA) is 61.4 Å². The number of nitrogens with one attached hydrogen (secondary N) is 2. The van der Waals surface area contributed by atoms with Crippen molar-refractivity contribution in [2.24, 2.45) is 0 Å². The molecule has 2 aliphatic carbocycles. The summed E-state index contributed by atoms with van der Waals surface area (Å²) in [6, 6.07) is 0.637. The number of amides is 1. The van der Waals surface area contributed by atoms with Gasteiger partial charge in [0.2, 0.25) is 0 Å². The summed E-state index contributed by atoms with van der Waals surface area (Å²) in [4.78, 5) is 11.7. The minimum Gasteiger partial charge on any atom is -0.382 e. The summed E-state index contributed by atoms with van der Waals surface area (Å²) >= 11 is 0. The molecule has 0 aromatic heterocycles. The van der Waals surface area contributed by atoms with E-state index in [4.69, 9.17) is 0 Å². The fraction of sp³-hybridized carbons (Fsp3) is 0.923. The highest BCUT2D eigenvalue weighted by Gasteiger charge is 2.30. The molecule has 0 spiro atoms. The third kappa shape index (κ3) is 3.96. The van der Waals surface area contributed by atoms with Gasteiger partial charge in [-0.15, -0.1) is 0 Å². The van der Waals surface area contributed by atoms with Crippen LogP contribution in [0.5, 0.6) is 0 Å². The van der Waals surface area contributed by atoms with Crippen LogP contribution >= 0.6 is 0 Å². The number of aliphatic hydroxyl groups excluding tert-OH is 1. The summed E-state index contributed by atoms with van der Waals surface area (Å²) in [7, 11) is 0. The van der Waals surface area contributed by atoms with Crippen LogP contribution in [0, 0.1) is 0 Å². The second-order valence-electron chi connectivity index (χ2n) is 5.52. The maximum Gasteiger partial charge on any atom is 0.250 e. The van der Waals surface area contributed by atoms with Gasteiger partial charge in [0.1, 0.15) is 6.10 Å². The summed E-state index contributed by atoms with van der Waals surface area (Å²) in [6.07, 6.45) is 7.37. The van der Waals surface area contributed by atoms with E-state index in [-0.39, 0.29) is 11.9 Å². The number of carbonyl (C=O) groups excluding carboxylic acids is 1. The lowest BCUT2D eigenvalue weighted by molar-refractivity contribution is -0.130. The average molecular weight is 240 g/mol. The molecule has 1 amide bonds. The summed E-state index contributed by atoms with van der Waals surface area (Å²) in [5, 5.41) is 16.1. The molecule has 0 heterocycles. The Morgan fingerprint density at radius 2 is 1.76 bits per heavy atom. The minimum atomic E-state index is -0.919. The standard InChI is InChI=1S/C13H24N2O2/c1-9(14-10-5-3-2-4-6-10)12(16)13(17)15-11-7-8-11/h9-12,14,16H,2-8H2,1H3,(H,15,17). The van der Waals surface area contributed by atoms with E-state index < -0.39 is 6.10 Å². The minimum absolute atomic E-state index is 0.156. The second kappa shape index (κ2) is 5.83. The number of hydrogen-bond donors (Lipinski definition) is 3. The van der Waals surface area contributed by atoms with Gasteiger partial charge in [0.25, 0.3) is 5.91 Å². The third-order valence-corrected chi connectivity index (χ3v) is 3.77. The summed E-state index contributed by atoms with van der Waals surface area (Å²) < 4.78 is 0. The molecule has 0 aliphatic heterocycles. The van der Waals surface area contributed by atoms with Crippen LogP contribution in [0.3, 0.4) is 0 Å². The van der Waals surface area contributed by atoms with Gasteiger partial charge in [-0.05, 0) is 32.6 Å². The number of aliphatic hydroxyl groups is 1. The Morgan fingerprint density at radius 3 is 2.35 bits per heavy atom. The molecule has 0 aromatic rings. The van der Waals surface area contributed by atoms with Gasteiger partial charge >= 0.3 is 0 Å². The van der Waals surface area contributed by atoms with Gasteiger partial charge in [-0.25, -0.2) is 0 Å². The van der Waals surface area contributed by atoms with Gasteiger partial charge in [-0.3, -0.25) is 4.79 Å². The summed E-state index contributed by atoms with van der Waals surface area (Å²) in [5.41, 5.74) is 0. The molecule has 2 atom stereocenters. The van der Waals surface area contributed by atoms with Crippen molar-refractivity contribution in [3.05, 3.63) is 0 Å². The van der Waals surface area contributed by atoms with Crippen LogP contribution in [-0.4, -0.2) is 35.2 Å². The van der Waals surface area contributed by atoms with Crippen molar-refractivity contribution in [1.82, 2.24) is 10.6 Å². The summed E-state index contributed by atoms with van der Waals surface area (Å²) in [6.45, 7) is 1.89. The van der Waals surface area contributed by atoms with E-state index in [2.05, 4.69) is 10.6 Å². The predicted molar refractivity (Wildman–Crippen MR) is 66.6 cm³/mol. The Bertz CT molecular complexity index is 260. The Hall–Kier alpha value is -0.610. The predicted octanol–water partition coefficient (Wildman–Crippen LogP) is 0.937. The molecule has 2 saturated carbocycles. The van der Waals surface area contributed by atoms with Gasteiger partial charge in [0, 0.05) is 18.1 Å². The Balaban J connectivity index is 1.72. The van der Waals surface area contributed by atoms with Gasteiger partial charge in [0.05, 0.1) is 0 Å². The highest BCUT2D eigenvalue weighted by molar-refractivity contribution is 5.81. The Kier molecular flexibility index (Phi) is 4.40. The molecule has 0 radical (unpaired) electrons. The van der Waals surface area contributed by atoms with E-state index in [0.717, 1.165) is 12.8 Å². The largest absolute Gasteiger partial charge is 0.382 e. The van der Waals surface area contributed by atoms with Crippen molar-refractivity contribution >= 4 is 5.91 Å². The molecule has 17 heavy (non-hydrogen) atoms. The van der Waals surface area contributed by atoms with Crippen LogP contribution in [0.1, 0.15) is 51.9 Å². The van der Waals surface area contributed by atoms with Crippen LogP contribution in [0.15, 0.2) is 0 Å². The van der Waals surface area contributed by atoms with E-state index in [1.54, 1.807) is 0 Å². The molecule has 3 N–H and O–H groups in total. The highest BCUT2D eigenvalue weighted by atomic mass is 16.3. The quantitative estimate of drug-likeness (QED) is 0.670. The molecule has 4 nitrogen and oxygen atoms in total. The van der Waals surface area contributed by atoms with Gasteiger partial charge in [-0.1, -0.05) is 19.3 Å². The first-order chi connectivity index (χ1) is 8.16. The number of carbonyl (C=O) groups is 1. The molecule has 0 saturated heterocycles. The van der Waals surface area contributed by atoms with Crippen molar-refractivity contribution in [2.45, 2.75) is 76.1 Å². The van der Waals surface area contributed by atoms with Crippen LogP contribution < -0.4 is 10.6 Å². The Morgan fingerprint density at radius 1 is 1.12 bits per heavy atom. The van der Waals surface area contributed by atoms with Crippen LogP contribution in [0.2, 0.25) is 0 Å². The molecule has 0 bridgehead atoms. The van der Waals surface area contributed by atoms with Crippen molar-refractivity contribution in [1.29, 1.82) is 0 Å². The molecule has 0 aromatic carbocycles. The molecule has 98 valence electrons. The third-order valence-electron chi connectivity index (χ3n) is 3.77. The first kappa shape index (κ1) is 12.8. The molecular formula is C13H24N2O2. The SMILES string of the molecule is CC(NC1CCCCC1)C(O)C(=O)NC1CC1. The second-order valence-corrected chi connectivity index (χ2v) is 5.52. The van der Waals surface area contributed by atoms with Crippen molar-refractivity contribution in [2.75, 3.05) is 0 Å². The van der Waals surface area contributed by atoms with E-state index in [1.807, 2.05) is 6.92 Å². The van der Waals surface area contributed by atoms with E-state index in [9.17, 15) is 9.90 Å². The lowest BCUT2D eigenvalue weighted by atomic mass is 9.94. The number of rotatable bonds is 5. The molecule has 2 aliphatic rings. The maximum absolute atomic E-state index is 11.7. The smallest absolute Gasteiger partial charge is 0.250 e. The summed E-state index contributed by atoms with van der Waals surface area (Å²) in [5.74, 6) is -0.219. The molecular weight excluding hydrogens is 216 g/mol. The van der Waals surface area contributed by atoms with Gasteiger partial charge in [-0.2, -0.15) is 0 Å². The van der Waals surface area contributed by atoms with E-state index >= 15 is 0 Å².